The van der Waals surface area contributed by atoms with Crippen molar-refractivity contribution in [2.24, 2.45) is 0 Å². The van der Waals surface area contributed by atoms with Crippen molar-refractivity contribution in [3.63, 3.8) is 0 Å². The predicted molar refractivity (Wildman–Crippen MR) is 87.5 cm³/mol. The van der Waals surface area contributed by atoms with Gasteiger partial charge in [0.25, 0.3) is 0 Å². The fraction of sp³-hybridized carbons (Fsp3) is 0.533. The first-order valence-corrected chi connectivity index (χ1v) is 9.17. The molecule has 1 amide bonds. The molecule has 0 bridgehead atoms. The predicted octanol–water partition coefficient (Wildman–Crippen LogP) is 1.77. The van der Waals surface area contributed by atoms with Crippen molar-refractivity contribution in [1.29, 1.82) is 0 Å². The molecule has 0 aromatic heterocycles. The first-order chi connectivity index (χ1) is 10.3. The van der Waals surface area contributed by atoms with Crippen LogP contribution < -0.4 is 5.32 Å². The molecule has 1 aliphatic carbocycles. The molecule has 22 heavy (non-hydrogen) atoms. The molecule has 0 heterocycles. The third kappa shape index (κ3) is 3.62. The zero-order valence-electron chi connectivity index (χ0n) is 12.8. The molecule has 5 nitrogen and oxygen atoms in total. The lowest BCUT2D eigenvalue weighted by molar-refractivity contribution is -0.119. The quantitative estimate of drug-likeness (QED) is 0.855. The Kier molecular flexibility index (Phi) is 5.14. The molecule has 1 saturated carbocycles. The number of nitrogens with zero attached hydrogens (tertiary/aromatic N) is 1. The maximum atomic E-state index is 11.9. The number of benzene rings is 1. The highest BCUT2D eigenvalue weighted by molar-refractivity contribution is 7.89. The summed E-state index contributed by atoms with van der Waals surface area (Å²) in [7, 11) is -0.699. The minimum atomic E-state index is -3.53. The van der Waals surface area contributed by atoms with Gasteiger partial charge in [0.05, 0.1) is 0 Å². The van der Waals surface area contributed by atoms with Gasteiger partial charge in [0.1, 0.15) is 5.75 Å². The van der Waals surface area contributed by atoms with Gasteiger partial charge in [0.15, 0.2) is 0 Å². The van der Waals surface area contributed by atoms with Crippen molar-refractivity contribution in [2.75, 3.05) is 26.4 Å². The average Bonchev–Trinajstić information content (AvgIpc) is 2.38. The fourth-order valence-electron chi connectivity index (χ4n) is 2.65. The highest BCUT2D eigenvalue weighted by Crippen LogP contribution is 2.45. The van der Waals surface area contributed by atoms with Crippen LogP contribution >= 0.6 is 11.6 Å². The van der Waals surface area contributed by atoms with Crippen LogP contribution in [0.25, 0.3) is 0 Å². The van der Waals surface area contributed by atoms with Crippen LogP contribution in [-0.2, 0) is 20.2 Å². The van der Waals surface area contributed by atoms with Crippen LogP contribution in [0.3, 0.4) is 0 Å². The van der Waals surface area contributed by atoms with E-state index < -0.39 is 21.7 Å². The van der Waals surface area contributed by atoms with Crippen LogP contribution in [0.5, 0.6) is 0 Å². The second-order valence-electron chi connectivity index (χ2n) is 5.93. The summed E-state index contributed by atoms with van der Waals surface area (Å²) < 4.78 is 24.5. The van der Waals surface area contributed by atoms with Crippen LogP contribution in [-0.4, -0.2) is 45.0 Å². The summed E-state index contributed by atoms with van der Waals surface area (Å²) in [5.74, 6) is -1.01. The van der Waals surface area contributed by atoms with Gasteiger partial charge in [0, 0.05) is 31.1 Å². The lowest BCUT2D eigenvalue weighted by atomic mass is 9.64. The molecule has 0 unspecified atom stereocenters. The van der Waals surface area contributed by atoms with E-state index in [1.807, 2.05) is 24.3 Å². The molecule has 0 aliphatic heterocycles. The summed E-state index contributed by atoms with van der Waals surface area (Å²) in [5, 5.41) is 3.45. The van der Waals surface area contributed by atoms with E-state index in [1.54, 1.807) is 0 Å². The molecule has 1 aromatic rings. The van der Waals surface area contributed by atoms with E-state index >= 15 is 0 Å². The van der Waals surface area contributed by atoms with Crippen molar-refractivity contribution in [3.8, 4) is 0 Å². The Hall–Kier alpha value is -1.11. The van der Waals surface area contributed by atoms with E-state index in [-0.39, 0.29) is 5.41 Å². The van der Waals surface area contributed by atoms with Crippen LogP contribution in [0.4, 0.5) is 0 Å². The summed E-state index contributed by atoms with van der Waals surface area (Å²) in [6.45, 7) is 0.415. The monoisotopic (exact) mass is 344 g/mol. The molecule has 0 radical (unpaired) electrons. The minimum Gasteiger partial charge on any atom is -0.354 e. The molecular formula is C15H21ClN2O3S. The van der Waals surface area contributed by atoms with Gasteiger partial charge in [-0.05, 0) is 24.5 Å². The smallest absolute Gasteiger partial charge is 0.236 e. The van der Waals surface area contributed by atoms with Gasteiger partial charge in [-0.3, -0.25) is 4.79 Å². The zero-order valence-corrected chi connectivity index (χ0v) is 14.4. The van der Waals surface area contributed by atoms with Gasteiger partial charge in [-0.1, -0.05) is 36.2 Å². The molecular weight excluding hydrogens is 324 g/mol. The summed E-state index contributed by atoms with van der Waals surface area (Å²) >= 11 is 6.27. The Morgan fingerprint density at radius 2 is 1.95 bits per heavy atom. The van der Waals surface area contributed by atoms with Crippen molar-refractivity contribution in [3.05, 3.63) is 34.9 Å². The maximum absolute atomic E-state index is 11.9. The van der Waals surface area contributed by atoms with E-state index in [1.165, 1.54) is 14.1 Å². The van der Waals surface area contributed by atoms with Crippen molar-refractivity contribution < 1.29 is 13.2 Å². The van der Waals surface area contributed by atoms with Crippen LogP contribution in [0.1, 0.15) is 24.8 Å². The van der Waals surface area contributed by atoms with Crippen molar-refractivity contribution >= 4 is 27.5 Å². The Bertz CT molecular complexity index is 655. The molecule has 0 saturated heterocycles. The van der Waals surface area contributed by atoms with Crippen LogP contribution in [0.2, 0.25) is 5.02 Å². The minimum absolute atomic E-state index is 0.171. The van der Waals surface area contributed by atoms with Crippen molar-refractivity contribution in [1.82, 2.24) is 9.62 Å². The summed E-state index contributed by atoms with van der Waals surface area (Å²) in [5.41, 5.74) is 0.856. The SMILES string of the molecule is CN(C)S(=O)(=O)CC(=O)NCC1(c2ccccc2Cl)CCC1. The number of carbonyl (C=O) groups excluding carboxylic acids is 1. The lowest BCUT2D eigenvalue weighted by Crippen LogP contribution is -2.47. The summed E-state index contributed by atoms with van der Waals surface area (Å²) in [6, 6.07) is 7.62. The van der Waals surface area contributed by atoms with Gasteiger partial charge in [-0.2, -0.15) is 0 Å². The maximum Gasteiger partial charge on any atom is 0.236 e. The summed E-state index contributed by atoms with van der Waals surface area (Å²) in [6.07, 6.45) is 2.96. The topological polar surface area (TPSA) is 66.5 Å². The van der Waals surface area contributed by atoms with E-state index in [4.69, 9.17) is 11.6 Å². The van der Waals surface area contributed by atoms with E-state index in [0.717, 1.165) is 29.1 Å². The third-order valence-electron chi connectivity index (χ3n) is 4.25. The Morgan fingerprint density at radius 1 is 1.32 bits per heavy atom. The number of halogens is 1. The Morgan fingerprint density at radius 3 is 2.45 bits per heavy atom. The Balaban J connectivity index is 2.03. The zero-order chi connectivity index (χ0) is 16.4. The molecule has 1 aromatic carbocycles. The first kappa shape index (κ1) is 17.2. The van der Waals surface area contributed by atoms with Crippen LogP contribution in [0.15, 0.2) is 24.3 Å². The lowest BCUT2D eigenvalue weighted by Gasteiger charge is -2.43. The molecule has 7 heteroatoms. The van der Waals surface area contributed by atoms with E-state index in [0.29, 0.717) is 11.6 Å². The Labute approximate surface area is 136 Å². The molecule has 0 spiro atoms. The van der Waals surface area contributed by atoms with Crippen molar-refractivity contribution in [2.45, 2.75) is 24.7 Å². The highest BCUT2D eigenvalue weighted by atomic mass is 35.5. The molecule has 1 fully saturated rings. The van der Waals surface area contributed by atoms with E-state index in [2.05, 4.69) is 5.32 Å². The highest BCUT2D eigenvalue weighted by Gasteiger charge is 2.40. The summed E-state index contributed by atoms with van der Waals surface area (Å²) in [4.78, 5) is 11.9. The second-order valence-corrected chi connectivity index (χ2v) is 8.52. The standard InChI is InChI=1S/C15H21ClN2O3S/c1-18(2)22(20,21)10-14(19)17-11-15(8-5-9-15)12-6-3-4-7-13(12)16/h3-4,6-7H,5,8-11H2,1-2H3,(H,17,19). The number of nitrogens with one attached hydrogen (secondary N) is 1. The van der Waals surface area contributed by atoms with Crippen LogP contribution in [0, 0.1) is 0 Å². The second kappa shape index (κ2) is 6.56. The van der Waals surface area contributed by atoms with Gasteiger partial charge in [0.2, 0.25) is 15.9 Å². The number of sulfonamides is 1. The van der Waals surface area contributed by atoms with Gasteiger partial charge in [-0.15, -0.1) is 0 Å². The number of carbonyl (C=O) groups is 1. The number of hydrogen-bond donors (Lipinski definition) is 1. The fourth-order valence-corrected chi connectivity index (χ4v) is 3.68. The van der Waals surface area contributed by atoms with Gasteiger partial charge in [-0.25, -0.2) is 12.7 Å². The molecule has 2 rings (SSSR count). The molecule has 1 N–H and O–H groups in total. The molecule has 1 aliphatic rings. The number of hydrogen-bond acceptors (Lipinski definition) is 3. The average molecular weight is 345 g/mol. The van der Waals surface area contributed by atoms with Gasteiger partial charge >= 0.3 is 0 Å². The number of rotatable bonds is 6. The third-order valence-corrected chi connectivity index (χ3v) is 6.32. The van der Waals surface area contributed by atoms with Gasteiger partial charge < -0.3 is 5.32 Å². The first-order valence-electron chi connectivity index (χ1n) is 7.19. The largest absolute Gasteiger partial charge is 0.354 e. The number of amides is 1. The molecule has 0 atom stereocenters. The normalized spacial score (nSPS) is 17.1. The van der Waals surface area contributed by atoms with E-state index in [9.17, 15) is 13.2 Å². The molecule has 122 valence electrons.